The molecule has 0 unspecified atom stereocenters. The number of aromatic nitrogens is 3. The zero-order valence-corrected chi connectivity index (χ0v) is 23.8. The number of ether oxygens (including phenoxy) is 1. The fraction of sp³-hybridized carbons (Fsp3) is 0.346. The van der Waals surface area contributed by atoms with Gasteiger partial charge in [0.05, 0.1) is 28.9 Å². The van der Waals surface area contributed by atoms with Crippen molar-refractivity contribution in [2.45, 2.75) is 45.2 Å². The smallest absolute Gasteiger partial charge is 0.489 e. The maximum Gasteiger partial charge on any atom is 0.490 e. The number of benzene rings is 2. The minimum Gasteiger partial charge on any atom is -0.489 e. The predicted octanol–water partition coefficient (Wildman–Crippen LogP) is 6.50. The lowest BCUT2D eigenvalue weighted by atomic mass is 9.93. The van der Waals surface area contributed by atoms with E-state index in [1.807, 2.05) is 32.0 Å². The number of anilines is 1. The number of carbonyl (C=O) groups is 3. The molecule has 0 spiro atoms. The quantitative estimate of drug-likeness (QED) is 0.170. The number of carbonyl (C=O) groups excluding carboxylic acids is 1. The third-order valence-corrected chi connectivity index (χ3v) is 6.92. The number of carboxylic acids is 2. The van der Waals surface area contributed by atoms with Crippen LogP contribution < -0.4 is 10.1 Å². The van der Waals surface area contributed by atoms with Crippen LogP contribution in [0.3, 0.4) is 0 Å². The molecule has 1 saturated carbocycles. The molecule has 244 valence electrons. The number of aromatic amines is 1. The molecular weight excluding hydrogens is 648 g/mol. The van der Waals surface area contributed by atoms with E-state index in [2.05, 4.69) is 20.5 Å². The van der Waals surface area contributed by atoms with Gasteiger partial charge in [-0.25, -0.2) is 23.4 Å². The highest BCUT2D eigenvalue weighted by Crippen LogP contribution is 2.42. The van der Waals surface area contributed by atoms with Crippen LogP contribution in [0.5, 0.6) is 5.75 Å². The second-order valence-corrected chi connectivity index (χ2v) is 10.1. The molecule has 2 aromatic carbocycles. The minimum atomic E-state index is -5.08. The van der Waals surface area contributed by atoms with Crippen molar-refractivity contribution in [2.75, 3.05) is 11.9 Å². The Labute approximate surface area is 251 Å². The number of nitrogens with zero attached hydrogens (tertiary/aromatic N) is 2. The van der Waals surface area contributed by atoms with Crippen molar-refractivity contribution >= 4 is 55.4 Å². The SMILES string of the molecule is CCOc1c(F)c(CC)c(-c2ccc3nc(NC(=O)[C@@H]4C[C@@H]4F)sc3c2)c2cn[nH]c12.O=C(O)C(F)(F)F.O=C(O)C(F)(F)F. The number of hydrogen-bond acceptors (Lipinski definition) is 7. The van der Waals surface area contributed by atoms with Crippen LogP contribution in [0.1, 0.15) is 25.8 Å². The van der Waals surface area contributed by atoms with Crippen LogP contribution in [0.4, 0.5) is 40.3 Å². The van der Waals surface area contributed by atoms with Crippen molar-refractivity contribution in [1.29, 1.82) is 0 Å². The lowest BCUT2D eigenvalue weighted by Gasteiger charge is -2.15. The Bertz CT molecular complexity index is 1700. The first-order chi connectivity index (χ1) is 20.9. The molecule has 4 N–H and O–H groups in total. The van der Waals surface area contributed by atoms with Gasteiger partial charge < -0.3 is 20.3 Å². The number of rotatable bonds is 6. The second-order valence-electron chi connectivity index (χ2n) is 9.10. The van der Waals surface area contributed by atoms with Crippen molar-refractivity contribution in [3.63, 3.8) is 0 Å². The molecule has 45 heavy (non-hydrogen) atoms. The number of H-pyrrole nitrogens is 1. The van der Waals surface area contributed by atoms with Crippen molar-refractivity contribution in [2.24, 2.45) is 5.92 Å². The highest BCUT2D eigenvalue weighted by Gasteiger charge is 2.44. The lowest BCUT2D eigenvalue weighted by molar-refractivity contribution is -0.193. The van der Waals surface area contributed by atoms with Gasteiger partial charge in [0.2, 0.25) is 5.91 Å². The number of aliphatic carboxylic acids is 2. The van der Waals surface area contributed by atoms with Crippen LogP contribution in [-0.4, -0.2) is 68.4 Å². The Kier molecular flexibility index (Phi) is 10.6. The summed E-state index contributed by atoms with van der Waals surface area (Å²) in [4.78, 5) is 34.2. The number of thiazole rings is 1. The van der Waals surface area contributed by atoms with Gasteiger partial charge in [-0.05, 0) is 43.0 Å². The molecule has 0 bridgehead atoms. The van der Waals surface area contributed by atoms with E-state index in [1.165, 1.54) is 11.3 Å². The normalized spacial score (nSPS) is 15.9. The molecule has 0 radical (unpaired) electrons. The Morgan fingerprint density at radius 2 is 1.67 bits per heavy atom. The van der Waals surface area contributed by atoms with Gasteiger partial charge in [0.25, 0.3) is 0 Å². The highest BCUT2D eigenvalue weighted by molar-refractivity contribution is 7.22. The monoisotopic (exact) mass is 670 g/mol. The summed E-state index contributed by atoms with van der Waals surface area (Å²) in [6.45, 7) is 4.06. The minimum absolute atomic E-state index is 0.186. The number of hydrogen-bond donors (Lipinski definition) is 4. The fourth-order valence-corrected chi connectivity index (χ4v) is 4.78. The summed E-state index contributed by atoms with van der Waals surface area (Å²) in [5.74, 6) is -6.63. The van der Waals surface area contributed by atoms with E-state index in [0.717, 1.165) is 21.2 Å². The summed E-state index contributed by atoms with van der Waals surface area (Å²) < 4.78 is 98.3. The van der Waals surface area contributed by atoms with Crippen molar-refractivity contribution in [3.05, 3.63) is 35.8 Å². The van der Waals surface area contributed by atoms with E-state index in [0.29, 0.717) is 34.8 Å². The first-order valence-corrected chi connectivity index (χ1v) is 13.5. The average Bonchev–Trinajstić information content (AvgIpc) is 3.29. The van der Waals surface area contributed by atoms with Crippen molar-refractivity contribution in [3.8, 4) is 16.9 Å². The number of halogens is 8. The van der Waals surface area contributed by atoms with Crippen molar-refractivity contribution < 1.29 is 64.5 Å². The van der Waals surface area contributed by atoms with Gasteiger partial charge in [0, 0.05) is 10.9 Å². The molecule has 2 heterocycles. The Hall–Kier alpha value is -4.55. The number of fused-ring (bicyclic) bond motifs is 2. The van der Waals surface area contributed by atoms with Gasteiger partial charge in [-0.1, -0.05) is 24.3 Å². The van der Waals surface area contributed by atoms with Crippen LogP contribution >= 0.6 is 11.3 Å². The van der Waals surface area contributed by atoms with E-state index in [9.17, 15) is 35.5 Å². The molecule has 10 nitrogen and oxygen atoms in total. The highest BCUT2D eigenvalue weighted by atomic mass is 32.1. The van der Waals surface area contributed by atoms with E-state index in [-0.39, 0.29) is 18.1 Å². The number of nitrogens with one attached hydrogen (secondary N) is 2. The zero-order valence-electron chi connectivity index (χ0n) is 22.9. The summed E-state index contributed by atoms with van der Waals surface area (Å²) in [6.07, 6.45) is -8.79. The average molecular weight is 671 g/mol. The zero-order chi connectivity index (χ0) is 33.9. The first-order valence-electron chi connectivity index (χ1n) is 12.7. The largest absolute Gasteiger partial charge is 0.490 e. The molecule has 5 rings (SSSR count). The van der Waals surface area contributed by atoms with Crippen LogP contribution in [0.25, 0.3) is 32.2 Å². The molecule has 19 heteroatoms. The van der Waals surface area contributed by atoms with Crippen molar-refractivity contribution in [1.82, 2.24) is 15.2 Å². The molecule has 2 atom stereocenters. The molecule has 1 aliphatic carbocycles. The van der Waals surface area contributed by atoms with Crippen LogP contribution in [0.15, 0.2) is 24.4 Å². The van der Waals surface area contributed by atoms with Gasteiger partial charge >= 0.3 is 24.3 Å². The van der Waals surface area contributed by atoms with Gasteiger partial charge in [0.1, 0.15) is 11.7 Å². The summed E-state index contributed by atoms with van der Waals surface area (Å²) in [6, 6.07) is 5.65. The van der Waals surface area contributed by atoms with E-state index < -0.39 is 42.2 Å². The molecule has 0 saturated heterocycles. The molecule has 0 aliphatic heterocycles. The third kappa shape index (κ3) is 8.34. The van der Waals surface area contributed by atoms with Gasteiger partial charge in [-0.2, -0.15) is 31.4 Å². The number of amides is 1. The molecular formula is C26H22F8N4O6S. The Morgan fingerprint density at radius 1 is 1.09 bits per heavy atom. The first kappa shape index (κ1) is 34.9. The number of carboxylic acid groups (broad SMARTS) is 2. The van der Waals surface area contributed by atoms with E-state index in [4.69, 9.17) is 24.5 Å². The Morgan fingerprint density at radius 3 is 2.16 bits per heavy atom. The van der Waals surface area contributed by atoms with Gasteiger partial charge in [-0.15, -0.1) is 0 Å². The Balaban J connectivity index is 0.000000331. The van der Waals surface area contributed by atoms with Gasteiger partial charge in [-0.3, -0.25) is 9.89 Å². The van der Waals surface area contributed by atoms with E-state index >= 15 is 4.39 Å². The molecule has 4 aromatic rings. The maximum atomic E-state index is 15.3. The summed E-state index contributed by atoms with van der Waals surface area (Å²) in [5, 5.41) is 25.1. The third-order valence-electron chi connectivity index (χ3n) is 5.99. The summed E-state index contributed by atoms with van der Waals surface area (Å²) in [5.41, 5.74) is 3.37. The predicted molar refractivity (Wildman–Crippen MR) is 144 cm³/mol. The van der Waals surface area contributed by atoms with Crippen LogP contribution in [0.2, 0.25) is 0 Å². The summed E-state index contributed by atoms with van der Waals surface area (Å²) in [7, 11) is 0. The lowest BCUT2D eigenvalue weighted by Crippen LogP contribution is -2.21. The maximum absolute atomic E-state index is 15.3. The fourth-order valence-electron chi connectivity index (χ4n) is 3.88. The molecule has 1 fully saturated rings. The standard InChI is InChI=1S/C22H20F2N4O2S.2C2HF3O2/c1-3-11-17(13-9-25-28-19(13)20(18(11)24)30-4-2)10-5-6-15-16(7-10)31-22(26-15)27-21(29)12-8-14(12)23;2*3-2(4,5)1(6)7/h5-7,9,12,14H,3-4,8H2,1-2H3,(H,25,28)(H,26,27,29);2*(H,6,7)/t12-,14+;;/m1../s1. The van der Waals surface area contributed by atoms with E-state index in [1.54, 1.807) is 6.20 Å². The topological polar surface area (TPSA) is 154 Å². The molecule has 1 amide bonds. The molecule has 1 aliphatic rings. The van der Waals surface area contributed by atoms with Crippen LogP contribution in [-0.2, 0) is 20.8 Å². The number of alkyl halides is 7. The van der Waals surface area contributed by atoms with Gasteiger partial charge in [0.15, 0.2) is 16.7 Å². The molecule has 2 aromatic heterocycles. The second kappa shape index (κ2) is 13.6. The summed E-state index contributed by atoms with van der Waals surface area (Å²) >= 11 is 1.31. The van der Waals surface area contributed by atoms with Crippen LogP contribution in [0, 0.1) is 11.7 Å².